The van der Waals surface area contributed by atoms with Gasteiger partial charge in [-0.25, -0.2) is 21.6 Å². The van der Waals surface area contributed by atoms with Gasteiger partial charge in [0.05, 0.1) is 11.4 Å². The van der Waals surface area contributed by atoms with Crippen molar-refractivity contribution >= 4 is 49.9 Å². The molecule has 2 aromatic carbocycles. The van der Waals surface area contributed by atoms with Crippen LogP contribution in [0.25, 0.3) is 0 Å². The Bertz CT molecular complexity index is 1220. The summed E-state index contributed by atoms with van der Waals surface area (Å²) in [5, 5.41) is 3.81. The van der Waals surface area contributed by atoms with E-state index in [1.54, 1.807) is 6.07 Å². The number of benzene rings is 2. The van der Waals surface area contributed by atoms with Gasteiger partial charge in [0.25, 0.3) is 10.0 Å². The lowest BCUT2D eigenvalue weighted by Crippen LogP contribution is -2.16. The van der Waals surface area contributed by atoms with E-state index in [1.165, 1.54) is 30.8 Å². The Morgan fingerprint density at radius 3 is 2.45 bits per heavy atom. The van der Waals surface area contributed by atoms with Crippen molar-refractivity contribution in [3.8, 4) is 0 Å². The van der Waals surface area contributed by atoms with Crippen molar-refractivity contribution in [1.82, 2.24) is 9.78 Å². The molecule has 0 fully saturated rings. The minimum absolute atomic E-state index is 0.0888. The highest BCUT2D eigenvalue weighted by Crippen LogP contribution is 2.31. The normalized spacial score (nSPS) is 11.7. The minimum Gasteiger partial charge on any atom is -0.279 e. The highest BCUT2D eigenvalue weighted by atomic mass is 127. The topological polar surface area (TPSA) is 64.0 Å². The molecule has 0 atom stereocenters. The molecular weight excluding hydrogens is 542 g/mol. The van der Waals surface area contributed by atoms with Crippen LogP contribution in [0.5, 0.6) is 0 Å². The lowest BCUT2D eigenvalue weighted by Gasteiger charge is -2.14. The molecule has 0 saturated carbocycles. The molecule has 0 amide bonds. The van der Waals surface area contributed by atoms with Gasteiger partial charge in [-0.05, 0) is 59.3 Å². The number of sulfonamides is 1. The Hall–Kier alpha value is -1.79. The van der Waals surface area contributed by atoms with E-state index in [-0.39, 0.29) is 39.0 Å². The van der Waals surface area contributed by atoms with Gasteiger partial charge in [0.1, 0.15) is 15.9 Å². The van der Waals surface area contributed by atoms with Gasteiger partial charge in [-0.3, -0.25) is 9.40 Å². The van der Waals surface area contributed by atoms with Crippen LogP contribution < -0.4 is 4.72 Å². The first-order valence-electron chi connectivity index (χ1n) is 8.14. The highest BCUT2D eigenvalue weighted by molar-refractivity contribution is 14.1. The molecule has 3 rings (SSSR count). The van der Waals surface area contributed by atoms with Gasteiger partial charge in [-0.15, -0.1) is 0 Å². The maximum atomic E-state index is 14.5. The second-order valence-electron chi connectivity index (χ2n) is 6.23. The van der Waals surface area contributed by atoms with E-state index in [2.05, 4.69) is 9.82 Å². The van der Waals surface area contributed by atoms with E-state index in [1.807, 2.05) is 22.6 Å². The van der Waals surface area contributed by atoms with Gasteiger partial charge < -0.3 is 0 Å². The SMILES string of the molecule is Cc1nn(C)c(Cl)c1S(=O)(=O)Nc1ccc(F)c(F)c1Cc1ccc(I)cc1F. The van der Waals surface area contributed by atoms with Crippen LogP contribution in [0.4, 0.5) is 18.9 Å². The number of rotatable bonds is 5. The molecule has 0 aliphatic rings. The average Bonchev–Trinajstić information content (AvgIpc) is 2.88. The van der Waals surface area contributed by atoms with Gasteiger partial charge in [-0.2, -0.15) is 5.10 Å². The minimum atomic E-state index is -4.26. The van der Waals surface area contributed by atoms with E-state index < -0.39 is 27.5 Å². The molecule has 0 bridgehead atoms. The lowest BCUT2D eigenvalue weighted by atomic mass is 10.0. The zero-order valence-electron chi connectivity index (χ0n) is 15.1. The number of hydrogen-bond donors (Lipinski definition) is 1. The maximum absolute atomic E-state index is 14.5. The first kappa shape index (κ1) is 21.9. The molecule has 1 N–H and O–H groups in total. The molecule has 0 aliphatic carbocycles. The van der Waals surface area contributed by atoms with Crippen LogP contribution in [0.3, 0.4) is 0 Å². The number of aromatic nitrogens is 2. The molecule has 0 saturated heterocycles. The summed E-state index contributed by atoms with van der Waals surface area (Å²) in [6, 6.07) is 6.16. The quantitative estimate of drug-likeness (QED) is 0.461. The smallest absolute Gasteiger partial charge is 0.266 e. The summed E-state index contributed by atoms with van der Waals surface area (Å²) in [6.45, 7) is 1.45. The van der Waals surface area contributed by atoms with Gasteiger partial charge in [0.15, 0.2) is 11.6 Å². The monoisotopic (exact) mass is 555 g/mol. The maximum Gasteiger partial charge on any atom is 0.266 e. The highest BCUT2D eigenvalue weighted by Gasteiger charge is 2.27. The van der Waals surface area contributed by atoms with E-state index in [0.29, 0.717) is 3.57 Å². The molecule has 11 heteroatoms. The summed E-state index contributed by atoms with van der Waals surface area (Å²) in [5.74, 6) is -3.05. The molecule has 1 aromatic heterocycles. The first-order valence-corrected chi connectivity index (χ1v) is 11.1. The van der Waals surface area contributed by atoms with E-state index in [4.69, 9.17) is 11.6 Å². The summed E-state index contributed by atoms with van der Waals surface area (Å²) in [7, 11) is -2.80. The van der Waals surface area contributed by atoms with E-state index in [0.717, 1.165) is 12.1 Å². The Kier molecular flexibility index (Phi) is 6.16. The molecule has 29 heavy (non-hydrogen) atoms. The molecule has 0 aliphatic heterocycles. The summed E-state index contributed by atoms with van der Waals surface area (Å²) < 4.78 is 72.3. The van der Waals surface area contributed by atoms with Crippen molar-refractivity contribution in [2.45, 2.75) is 18.2 Å². The van der Waals surface area contributed by atoms with Crippen molar-refractivity contribution < 1.29 is 21.6 Å². The third kappa shape index (κ3) is 4.38. The van der Waals surface area contributed by atoms with Gasteiger partial charge >= 0.3 is 0 Å². The number of hydrogen-bond acceptors (Lipinski definition) is 3. The van der Waals surface area contributed by atoms with Crippen LogP contribution >= 0.6 is 34.2 Å². The average molecular weight is 556 g/mol. The number of nitrogens with one attached hydrogen (secondary N) is 1. The Labute approximate surface area is 184 Å². The summed E-state index contributed by atoms with van der Waals surface area (Å²) in [5.41, 5.74) is -0.323. The van der Waals surface area contributed by atoms with Crippen molar-refractivity contribution in [2.24, 2.45) is 7.05 Å². The van der Waals surface area contributed by atoms with Crippen LogP contribution in [-0.4, -0.2) is 18.2 Å². The lowest BCUT2D eigenvalue weighted by molar-refractivity contribution is 0.500. The third-order valence-electron chi connectivity index (χ3n) is 4.19. The molecule has 1 heterocycles. The van der Waals surface area contributed by atoms with E-state index in [9.17, 15) is 21.6 Å². The predicted octanol–water partition coefficient (Wildman–Crippen LogP) is 4.80. The fourth-order valence-electron chi connectivity index (χ4n) is 2.83. The molecule has 0 spiro atoms. The molecule has 3 aromatic rings. The van der Waals surface area contributed by atoms with Crippen molar-refractivity contribution in [2.75, 3.05) is 4.72 Å². The van der Waals surface area contributed by atoms with Crippen LogP contribution in [0.2, 0.25) is 5.15 Å². The third-order valence-corrected chi connectivity index (χ3v) is 6.92. The zero-order valence-corrected chi connectivity index (χ0v) is 18.8. The van der Waals surface area contributed by atoms with Gasteiger partial charge in [-0.1, -0.05) is 17.7 Å². The van der Waals surface area contributed by atoms with E-state index >= 15 is 0 Å². The van der Waals surface area contributed by atoms with Crippen molar-refractivity contribution in [3.05, 3.63) is 73.3 Å². The van der Waals surface area contributed by atoms with Gasteiger partial charge in [0.2, 0.25) is 0 Å². The van der Waals surface area contributed by atoms with Crippen LogP contribution in [0.15, 0.2) is 35.2 Å². The largest absolute Gasteiger partial charge is 0.279 e. The Morgan fingerprint density at radius 1 is 1.17 bits per heavy atom. The first-order chi connectivity index (χ1) is 13.5. The molecule has 154 valence electrons. The number of halogens is 5. The van der Waals surface area contributed by atoms with Crippen molar-refractivity contribution in [1.29, 1.82) is 0 Å². The van der Waals surface area contributed by atoms with Crippen LogP contribution in [0, 0.1) is 27.9 Å². The number of nitrogens with zero attached hydrogens (tertiary/aromatic N) is 2. The van der Waals surface area contributed by atoms with Gasteiger partial charge in [0, 0.05) is 22.6 Å². The van der Waals surface area contributed by atoms with Crippen LogP contribution in [-0.2, 0) is 23.5 Å². The molecular formula is C18H14ClF3IN3O2S. The van der Waals surface area contributed by atoms with Crippen molar-refractivity contribution in [3.63, 3.8) is 0 Å². The standard InChI is InChI=1S/C18H14ClF3IN3O2S/c1-9-17(18(19)26(2)24-9)29(27,28)25-15-6-5-13(20)16(22)12(15)7-10-3-4-11(23)8-14(10)21/h3-6,8,25H,7H2,1-2H3. The second kappa shape index (κ2) is 8.15. The fourth-order valence-corrected chi connectivity index (χ4v) is 5.13. The predicted molar refractivity (Wildman–Crippen MR) is 112 cm³/mol. The molecule has 0 radical (unpaired) electrons. The van der Waals surface area contributed by atoms with Crippen LogP contribution in [0.1, 0.15) is 16.8 Å². The number of anilines is 1. The Balaban J connectivity index is 2.07. The number of aryl methyl sites for hydroxylation is 2. The fraction of sp³-hybridized carbons (Fsp3) is 0.167. The second-order valence-corrected chi connectivity index (χ2v) is 9.46. The summed E-state index contributed by atoms with van der Waals surface area (Å²) >= 11 is 7.94. The molecule has 0 unspecified atom stereocenters. The Morgan fingerprint density at radius 2 is 1.86 bits per heavy atom. The molecule has 5 nitrogen and oxygen atoms in total. The summed E-state index contributed by atoms with van der Waals surface area (Å²) in [6.07, 6.45) is -0.357. The zero-order chi connectivity index (χ0) is 21.5. The summed E-state index contributed by atoms with van der Waals surface area (Å²) in [4.78, 5) is -0.280.